The first kappa shape index (κ1) is 10.1. The maximum absolute atomic E-state index is 4.66. The van der Waals surface area contributed by atoms with E-state index in [1.54, 1.807) is 11.8 Å². The van der Waals surface area contributed by atoms with E-state index in [0.717, 1.165) is 4.20 Å². The van der Waals surface area contributed by atoms with E-state index in [-0.39, 0.29) is 19.5 Å². The zero-order chi connectivity index (χ0) is 4.28. The standard InChI is InChI=1S/C3H6S2.Zn/c1-3(4)5-2;/h1-2H3;. The van der Waals surface area contributed by atoms with E-state index in [2.05, 4.69) is 12.2 Å². The molecule has 0 fully saturated rings. The molecule has 3 heteroatoms. The van der Waals surface area contributed by atoms with Crippen LogP contribution in [0.5, 0.6) is 0 Å². The molecule has 0 nitrogen and oxygen atoms in total. The van der Waals surface area contributed by atoms with Crippen molar-refractivity contribution in [2.75, 3.05) is 6.26 Å². The average molecular weight is 172 g/mol. The van der Waals surface area contributed by atoms with Crippen LogP contribution in [0.25, 0.3) is 0 Å². The van der Waals surface area contributed by atoms with Crippen LogP contribution < -0.4 is 0 Å². The second kappa shape index (κ2) is 6.06. The van der Waals surface area contributed by atoms with Gasteiger partial charge in [0.25, 0.3) is 0 Å². The van der Waals surface area contributed by atoms with Gasteiger partial charge in [-0.25, -0.2) is 0 Å². The van der Waals surface area contributed by atoms with E-state index in [1.807, 2.05) is 13.2 Å². The van der Waals surface area contributed by atoms with Gasteiger partial charge in [0, 0.05) is 23.7 Å². The summed E-state index contributed by atoms with van der Waals surface area (Å²) >= 11 is 6.27. The van der Waals surface area contributed by atoms with Crippen molar-refractivity contribution in [3.63, 3.8) is 0 Å². The van der Waals surface area contributed by atoms with Crippen molar-refractivity contribution in [1.29, 1.82) is 0 Å². The van der Waals surface area contributed by atoms with Gasteiger partial charge in [-0.2, -0.15) is 0 Å². The fraction of sp³-hybridized carbons (Fsp3) is 0.667. The predicted octanol–water partition coefficient (Wildman–Crippen LogP) is 1.69. The van der Waals surface area contributed by atoms with Crippen LogP contribution in [0.1, 0.15) is 6.92 Å². The molecule has 0 rings (SSSR count). The molecular formula is C3H6S2Zn. The van der Waals surface area contributed by atoms with Gasteiger partial charge in [-0.1, -0.05) is 12.2 Å². The van der Waals surface area contributed by atoms with Crippen LogP contribution in [-0.4, -0.2) is 10.5 Å². The van der Waals surface area contributed by atoms with Crippen LogP contribution in [0.3, 0.4) is 0 Å². The van der Waals surface area contributed by atoms with E-state index < -0.39 is 0 Å². The zero-order valence-corrected chi connectivity index (χ0v) is 8.62. The number of rotatable bonds is 0. The molecule has 0 aliphatic heterocycles. The van der Waals surface area contributed by atoms with Gasteiger partial charge < -0.3 is 0 Å². The Hall–Kier alpha value is 1.06. The van der Waals surface area contributed by atoms with Crippen LogP contribution >= 0.6 is 24.0 Å². The summed E-state index contributed by atoms with van der Waals surface area (Å²) in [6.45, 7) is 1.92. The zero-order valence-electron chi connectivity index (χ0n) is 4.02. The van der Waals surface area contributed by atoms with E-state index in [4.69, 9.17) is 0 Å². The topological polar surface area (TPSA) is 0 Å². The van der Waals surface area contributed by atoms with Gasteiger partial charge in [0.1, 0.15) is 0 Å². The van der Waals surface area contributed by atoms with E-state index in [1.165, 1.54) is 0 Å². The summed E-state index contributed by atoms with van der Waals surface area (Å²) in [5.74, 6) is 0. The van der Waals surface area contributed by atoms with Gasteiger partial charge in [-0.15, -0.1) is 11.8 Å². The van der Waals surface area contributed by atoms with Crippen molar-refractivity contribution in [1.82, 2.24) is 0 Å². The van der Waals surface area contributed by atoms with Crippen LogP contribution in [0, 0.1) is 0 Å². The fourth-order valence-corrected chi connectivity index (χ4v) is 0. The van der Waals surface area contributed by atoms with Gasteiger partial charge >= 0.3 is 0 Å². The smallest absolute Gasteiger partial charge is 0.0444 e. The first-order valence-electron chi connectivity index (χ1n) is 1.32. The molecule has 0 aromatic heterocycles. The van der Waals surface area contributed by atoms with E-state index >= 15 is 0 Å². The molecule has 32 valence electrons. The second-order valence-corrected chi connectivity index (χ2v) is 2.59. The van der Waals surface area contributed by atoms with Gasteiger partial charge in [0.2, 0.25) is 0 Å². The Balaban J connectivity index is 0. The molecule has 0 aromatic rings. The first-order chi connectivity index (χ1) is 2.27. The fourth-order valence-electron chi connectivity index (χ4n) is 0. The molecular weight excluding hydrogens is 166 g/mol. The molecule has 0 bridgehead atoms. The first-order valence-corrected chi connectivity index (χ1v) is 2.95. The third-order valence-electron chi connectivity index (χ3n) is 0.287. The van der Waals surface area contributed by atoms with Gasteiger partial charge in [0.05, 0.1) is 0 Å². The Labute approximate surface area is 60.8 Å². The molecule has 0 unspecified atom stereocenters. The molecule has 0 radical (unpaired) electrons. The Morgan fingerprint density at radius 1 is 1.67 bits per heavy atom. The van der Waals surface area contributed by atoms with Gasteiger partial charge in [-0.05, 0) is 13.2 Å². The molecule has 0 amide bonds. The Morgan fingerprint density at radius 3 is 1.83 bits per heavy atom. The van der Waals surface area contributed by atoms with E-state index in [9.17, 15) is 0 Å². The molecule has 0 saturated heterocycles. The van der Waals surface area contributed by atoms with Crippen molar-refractivity contribution in [2.45, 2.75) is 6.92 Å². The van der Waals surface area contributed by atoms with Crippen molar-refractivity contribution in [3.05, 3.63) is 0 Å². The maximum atomic E-state index is 4.66. The molecule has 0 heterocycles. The summed E-state index contributed by atoms with van der Waals surface area (Å²) in [5.41, 5.74) is 0. The molecule has 0 aromatic carbocycles. The normalized spacial score (nSPS) is 6.33. The minimum atomic E-state index is 0. The molecule has 0 aliphatic rings. The number of thiocarbonyl (C=S) groups is 1. The van der Waals surface area contributed by atoms with Crippen LogP contribution in [-0.2, 0) is 19.5 Å². The molecule has 0 saturated carbocycles. The van der Waals surface area contributed by atoms with Crippen molar-refractivity contribution in [3.8, 4) is 0 Å². The number of hydrogen-bond acceptors (Lipinski definition) is 2. The largest absolute Gasteiger partial charge is 0.123 e. The van der Waals surface area contributed by atoms with Gasteiger partial charge in [-0.3, -0.25) is 0 Å². The van der Waals surface area contributed by atoms with Crippen LogP contribution in [0.15, 0.2) is 0 Å². The Morgan fingerprint density at radius 2 is 1.83 bits per heavy atom. The third kappa shape index (κ3) is 8.91. The quantitative estimate of drug-likeness (QED) is 0.402. The molecule has 6 heavy (non-hydrogen) atoms. The summed E-state index contributed by atoms with van der Waals surface area (Å²) < 4.78 is 1.00. The SMILES string of the molecule is CSC(C)=S.[Zn]. The van der Waals surface area contributed by atoms with Crippen LogP contribution in [0.2, 0.25) is 0 Å². The second-order valence-electron chi connectivity index (χ2n) is 0.696. The molecule has 0 spiro atoms. The van der Waals surface area contributed by atoms with Crippen molar-refractivity contribution in [2.24, 2.45) is 0 Å². The summed E-state index contributed by atoms with van der Waals surface area (Å²) in [5, 5.41) is 0. The number of hydrogen-bond donors (Lipinski definition) is 0. The van der Waals surface area contributed by atoms with E-state index in [0.29, 0.717) is 0 Å². The van der Waals surface area contributed by atoms with Crippen molar-refractivity contribution < 1.29 is 19.5 Å². The predicted molar refractivity (Wildman–Crippen MR) is 31.8 cm³/mol. The third-order valence-corrected chi connectivity index (χ3v) is 1.36. The summed E-state index contributed by atoms with van der Waals surface area (Å²) in [7, 11) is 0. The average Bonchev–Trinajstić information content (AvgIpc) is 1.38. The maximum Gasteiger partial charge on any atom is 0.0444 e. The van der Waals surface area contributed by atoms with Crippen LogP contribution in [0.4, 0.5) is 0 Å². The summed E-state index contributed by atoms with van der Waals surface area (Å²) in [6.07, 6.45) is 1.97. The summed E-state index contributed by atoms with van der Waals surface area (Å²) in [4.78, 5) is 0. The summed E-state index contributed by atoms with van der Waals surface area (Å²) in [6, 6.07) is 0. The Bertz CT molecular complexity index is 44.1. The Kier molecular flexibility index (Phi) is 10.2. The number of thioether (sulfide) groups is 1. The minimum Gasteiger partial charge on any atom is -0.123 e. The molecule has 0 aliphatic carbocycles. The minimum absolute atomic E-state index is 0. The monoisotopic (exact) mass is 170 g/mol. The molecule has 0 atom stereocenters. The van der Waals surface area contributed by atoms with Gasteiger partial charge in [0.15, 0.2) is 0 Å². The van der Waals surface area contributed by atoms with Crippen molar-refractivity contribution >= 4 is 28.2 Å². The molecule has 0 N–H and O–H groups in total.